The summed E-state index contributed by atoms with van der Waals surface area (Å²) in [6.45, 7) is 3.05. The number of hydrogen-bond donors (Lipinski definition) is 4. The van der Waals surface area contributed by atoms with Crippen LogP contribution in [0, 0.1) is 13.8 Å². The Hall–Kier alpha value is -2.64. The number of hydrogen-bond acceptors (Lipinski definition) is 7. The zero-order chi connectivity index (χ0) is 31.6. The fourth-order valence-electron chi connectivity index (χ4n) is 3.44. The van der Waals surface area contributed by atoms with Crippen LogP contribution in [0.4, 0.5) is 26.3 Å². The van der Waals surface area contributed by atoms with Crippen molar-refractivity contribution in [1.82, 2.24) is 24.7 Å². The number of benzene rings is 2. The SMILES string of the molecule is CS(=O)(=O)Cl.Cc1cc(C(F)(F)F)c2nc(CN)[nH]c2c1.Cc1cc(C(F)(F)F)c2nc(CNS(C)(=O)=O)[nH]c2c1.Cl. The van der Waals surface area contributed by atoms with Crippen molar-refractivity contribution in [3.05, 3.63) is 58.2 Å². The number of nitrogens with zero attached hydrogens (tertiary/aromatic N) is 2. The Morgan fingerprint density at radius 1 is 0.810 bits per heavy atom. The van der Waals surface area contributed by atoms with E-state index in [4.69, 9.17) is 5.73 Å². The lowest BCUT2D eigenvalue weighted by atomic mass is 10.1. The number of aromatic amines is 2. The van der Waals surface area contributed by atoms with Crippen molar-refractivity contribution in [3.8, 4) is 0 Å². The number of sulfonamides is 1. The van der Waals surface area contributed by atoms with E-state index in [0.717, 1.165) is 24.6 Å². The van der Waals surface area contributed by atoms with Crippen LogP contribution in [-0.2, 0) is 44.5 Å². The molecular weight excluding hydrogens is 661 g/mol. The highest BCUT2D eigenvalue weighted by Gasteiger charge is 2.35. The van der Waals surface area contributed by atoms with E-state index in [-0.39, 0.29) is 47.9 Å². The summed E-state index contributed by atoms with van der Waals surface area (Å²) in [6.07, 6.45) is -7.03. The smallest absolute Gasteiger partial charge is 0.341 e. The number of aryl methyl sites for hydroxylation is 2. The molecule has 4 rings (SSSR count). The van der Waals surface area contributed by atoms with Crippen LogP contribution in [0.5, 0.6) is 0 Å². The van der Waals surface area contributed by atoms with Crippen molar-refractivity contribution in [2.24, 2.45) is 5.73 Å². The molecule has 0 fully saturated rings. The van der Waals surface area contributed by atoms with Gasteiger partial charge in [0, 0.05) is 10.7 Å². The van der Waals surface area contributed by atoms with Crippen molar-refractivity contribution in [2.75, 3.05) is 12.5 Å². The quantitative estimate of drug-likeness (QED) is 0.175. The van der Waals surface area contributed by atoms with Crippen LogP contribution in [-0.4, -0.2) is 49.3 Å². The molecule has 0 saturated carbocycles. The lowest BCUT2D eigenvalue weighted by Gasteiger charge is -2.07. The molecular formula is C22H26Cl2F6N6O4S2. The highest BCUT2D eigenvalue weighted by molar-refractivity contribution is 8.13. The number of nitrogens with two attached hydrogens (primary N) is 1. The fraction of sp³-hybridized carbons (Fsp3) is 0.364. The second-order valence-electron chi connectivity index (χ2n) is 8.76. The first-order chi connectivity index (χ1) is 18.5. The minimum absolute atomic E-state index is 0. The molecule has 2 aromatic carbocycles. The van der Waals surface area contributed by atoms with Crippen LogP contribution in [0.2, 0.25) is 0 Å². The number of halogens is 8. The van der Waals surface area contributed by atoms with Crippen molar-refractivity contribution in [2.45, 2.75) is 39.3 Å². The Balaban J connectivity index is 0.000000360. The van der Waals surface area contributed by atoms with Gasteiger partial charge in [0.25, 0.3) is 0 Å². The zero-order valence-electron chi connectivity index (χ0n) is 22.2. The highest BCUT2D eigenvalue weighted by atomic mass is 35.7. The molecule has 20 heteroatoms. The average molecular weight is 688 g/mol. The molecule has 5 N–H and O–H groups in total. The van der Waals surface area contributed by atoms with E-state index in [9.17, 15) is 43.2 Å². The van der Waals surface area contributed by atoms with E-state index < -0.39 is 42.6 Å². The number of fused-ring (bicyclic) bond motifs is 2. The summed E-state index contributed by atoms with van der Waals surface area (Å²) in [5, 5.41) is 0. The minimum atomic E-state index is -4.51. The molecule has 4 aromatic rings. The Bertz CT molecular complexity index is 1750. The van der Waals surface area contributed by atoms with E-state index in [0.29, 0.717) is 22.5 Å². The van der Waals surface area contributed by atoms with Crippen LogP contribution < -0.4 is 10.5 Å². The topological polar surface area (TPSA) is 164 Å². The molecule has 2 heterocycles. The molecule has 0 aliphatic heterocycles. The Morgan fingerprint density at radius 3 is 1.50 bits per heavy atom. The molecule has 0 radical (unpaired) electrons. The summed E-state index contributed by atoms with van der Waals surface area (Å²) >= 11 is 0. The van der Waals surface area contributed by atoms with Crippen molar-refractivity contribution in [1.29, 1.82) is 0 Å². The summed E-state index contributed by atoms with van der Waals surface area (Å²) in [7, 11) is -2.13. The first-order valence-corrected chi connectivity index (χ1v) is 15.8. The van der Waals surface area contributed by atoms with Crippen LogP contribution >= 0.6 is 23.1 Å². The molecule has 0 aliphatic carbocycles. The third-order valence-electron chi connectivity index (χ3n) is 4.87. The van der Waals surface area contributed by atoms with Crippen LogP contribution in [0.3, 0.4) is 0 Å². The summed E-state index contributed by atoms with van der Waals surface area (Å²) in [5.74, 6) is 0.479. The summed E-state index contributed by atoms with van der Waals surface area (Å²) in [4.78, 5) is 13.1. The van der Waals surface area contributed by atoms with Gasteiger partial charge in [0.05, 0.1) is 47.8 Å². The van der Waals surface area contributed by atoms with Gasteiger partial charge >= 0.3 is 12.4 Å². The second-order valence-corrected chi connectivity index (χ2v) is 13.6. The predicted octanol–water partition coefficient (Wildman–Crippen LogP) is 4.89. The molecule has 0 aliphatic rings. The fourth-order valence-corrected chi connectivity index (χ4v) is 3.84. The molecule has 0 atom stereocenters. The number of imidazole rings is 2. The third-order valence-corrected chi connectivity index (χ3v) is 5.53. The molecule has 0 saturated heterocycles. The Morgan fingerprint density at radius 2 is 1.17 bits per heavy atom. The van der Waals surface area contributed by atoms with Gasteiger partial charge in [-0.1, -0.05) is 0 Å². The molecule has 10 nitrogen and oxygen atoms in total. The molecule has 0 bridgehead atoms. The Kier molecular flexibility index (Phi) is 12.3. The second kappa shape index (κ2) is 13.8. The maximum atomic E-state index is 12.9. The van der Waals surface area contributed by atoms with Crippen LogP contribution in [0.1, 0.15) is 33.9 Å². The Labute approximate surface area is 247 Å². The molecule has 0 spiro atoms. The molecule has 2 aromatic heterocycles. The van der Waals surface area contributed by atoms with Crippen molar-refractivity contribution in [3.63, 3.8) is 0 Å². The van der Waals surface area contributed by atoms with Gasteiger partial charge < -0.3 is 15.7 Å². The summed E-state index contributed by atoms with van der Waals surface area (Å²) in [5.41, 5.74) is 5.06. The predicted molar refractivity (Wildman–Crippen MR) is 149 cm³/mol. The maximum absolute atomic E-state index is 12.9. The van der Waals surface area contributed by atoms with Gasteiger partial charge in [0.1, 0.15) is 22.7 Å². The van der Waals surface area contributed by atoms with Crippen LogP contribution in [0.15, 0.2) is 24.3 Å². The number of nitrogens with one attached hydrogen (secondary N) is 3. The molecule has 0 amide bonds. The lowest BCUT2D eigenvalue weighted by Crippen LogP contribution is -2.21. The average Bonchev–Trinajstić information content (AvgIpc) is 3.37. The van der Waals surface area contributed by atoms with Gasteiger partial charge in [0.2, 0.25) is 19.1 Å². The number of H-pyrrole nitrogens is 2. The van der Waals surface area contributed by atoms with Crippen molar-refractivity contribution < 1.29 is 43.2 Å². The van der Waals surface area contributed by atoms with E-state index >= 15 is 0 Å². The normalized spacial score (nSPS) is 12.3. The first-order valence-electron chi connectivity index (χ1n) is 11.1. The van der Waals surface area contributed by atoms with Gasteiger partial charge in [-0.3, -0.25) is 0 Å². The molecule has 0 unspecified atom stereocenters. The largest absolute Gasteiger partial charge is 0.418 e. The standard InChI is InChI=1S/C11H12F3N3O2S.C10H10F3N3.CH3ClO2S.ClH/c1-6-3-7(11(12,13)14)10-8(4-6)16-9(17-10)5-15-20(2,18)19;1-5-2-6(10(11,12)13)9-7(3-5)15-8(4-14)16-9;1-5(2,3)4;/h3-4,15H,5H2,1-2H3,(H,16,17);2-3H,4,14H2,1H3,(H,15,16);1H3;1H. The first kappa shape index (κ1) is 37.4. The maximum Gasteiger partial charge on any atom is 0.418 e. The third kappa shape index (κ3) is 11.6. The van der Waals surface area contributed by atoms with E-state index in [2.05, 4.69) is 35.3 Å². The van der Waals surface area contributed by atoms with Gasteiger partial charge in [-0.2, -0.15) is 26.3 Å². The van der Waals surface area contributed by atoms with Gasteiger partial charge in [-0.05, 0) is 49.2 Å². The van der Waals surface area contributed by atoms with Gasteiger partial charge in [-0.15, -0.1) is 12.4 Å². The number of aromatic nitrogens is 4. The van der Waals surface area contributed by atoms with Crippen molar-refractivity contribution >= 4 is 64.2 Å². The zero-order valence-corrected chi connectivity index (χ0v) is 25.4. The van der Waals surface area contributed by atoms with Gasteiger partial charge in [0.15, 0.2) is 0 Å². The van der Waals surface area contributed by atoms with E-state index in [1.54, 1.807) is 19.9 Å². The number of rotatable bonds is 4. The van der Waals surface area contributed by atoms with Gasteiger partial charge in [-0.25, -0.2) is 31.5 Å². The van der Waals surface area contributed by atoms with Crippen LogP contribution in [0.25, 0.3) is 22.1 Å². The minimum Gasteiger partial charge on any atom is -0.341 e. The lowest BCUT2D eigenvalue weighted by molar-refractivity contribution is -0.137. The molecule has 42 heavy (non-hydrogen) atoms. The number of alkyl halides is 6. The monoisotopic (exact) mass is 686 g/mol. The van der Waals surface area contributed by atoms with E-state index in [1.165, 1.54) is 6.07 Å². The van der Waals surface area contributed by atoms with E-state index in [1.807, 2.05) is 0 Å². The summed E-state index contributed by atoms with van der Waals surface area (Å²) < 4.78 is 120. The molecule has 236 valence electrons. The highest BCUT2D eigenvalue weighted by Crippen LogP contribution is 2.35. The summed E-state index contributed by atoms with van der Waals surface area (Å²) in [6, 6.07) is 5.25.